The van der Waals surface area contributed by atoms with Crippen LogP contribution in [0.1, 0.15) is 19.8 Å². The highest BCUT2D eigenvalue weighted by molar-refractivity contribution is 4.91. The highest BCUT2D eigenvalue weighted by atomic mass is 16.6. The van der Waals surface area contributed by atoms with Gasteiger partial charge in [0.1, 0.15) is 0 Å². The zero-order chi connectivity index (χ0) is 11.7. The van der Waals surface area contributed by atoms with Crippen LogP contribution in [0.3, 0.4) is 0 Å². The summed E-state index contributed by atoms with van der Waals surface area (Å²) in [7, 11) is 0. The third-order valence-electron chi connectivity index (χ3n) is 4.39. The molecule has 0 saturated carbocycles. The normalized spacial score (nSPS) is 40.4. The maximum absolute atomic E-state index is 5.76. The molecule has 0 radical (unpaired) electrons. The molecule has 0 bridgehead atoms. The van der Waals surface area contributed by atoms with E-state index >= 15 is 0 Å². The van der Waals surface area contributed by atoms with E-state index < -0.39 is 0 Å². The zero-order valence-corrected chi connectivity index (χ0v) is 10.8. The van der Waals surface area contributed by atoms with Gasteiger partial charge in [0.2, 0.25) is 0 Å². The predicted molar refractivity (Wildman–Crippen MR) is 66.2 cm³/mol. The molecule has 3 rings (SSSR count). The number of hydrogen-bond donors (Lipinski definition) is 0. The Balaban J connectivity index is 1.55. The van der Waals surface area contributed by atoms with Gasteiger partial charge in [-0.05, 0) is 26.3 Å². The second-order valence-electron chi connectivity index (χ2n) is 5.66. The molecule has 3 saturated heterocycles. The number of fused-ring (bicyclic) bond motifs is 1. The summed E-state index contributed by atoms with van der Waals surface area (Å²) < 4.78 is 11.2. The van der Waals surface area contributed by atoms with Gasteiger partial charge in [-0.2, -0.15) is 0 Å². The highest BCUT2D eigenvalue weighted by Crippen LogP contribution is 2.24. The smallest absolute Gasteiger partial charge is 0.0936 e. The lowest BCUT2D eigenvalue weighted by atomic mass is 10.1. The average Bonchev–Trinajstić information content (AvgIpc) is 2.78. The van der Waals surface area contributed by atoms with E-state index in [1.165, 1.54) is 32.5 Å². The van der Waals surface area contributed by atoms with Gasteiger partial charge in [0, 0.05) is 31.7 Å². The largest absolute Gasteiger partial charge is 0.376 e. The van der Waals surface area contributed by atoms with E-state index in [-0.39, 0.29) is 0 Å². The molecule has 3 heterocycles. The molecule has 0 aromatic carbocycles. The number of piperazine rings is 1. The minimum atomic E-state index is 0.291. The molecule has 0 aliphatic carbocycles. The summed E-state index contributed by atoms with van der Waals surface area (Å²) in [5.41, 5.74) is 0. The van der Waals surface area contributed by atoms with E-state index in [1.807, 2.05) is 0 Å². The van der Waals surface area contributed by atoms with Crippen molar-refractivity contribution in [1.82, 2.24) is 9.80 Å². The molecule has 3 aliphatic heterocycles. The van der Waals surface area contributed by atoms with Crippen molar-refractivity contribution < 1.29 is 9.47 Å². The minimum Gasteiger partial charge on any atom is -0.376 e. The Morgan fingerprint density at radius 2 is 2.18 bits per heavy atom. The number of ether oxygens (including phenoxy) is 2. The molecule has 3 aliphatic rings. The summed E-state index contributed by atoms with van der Waals surface area (Å²) in [5.74, 6) is 0. The molecule has 3 atom stereocenters. The Hall–Kier alpha value is -0.160. The third kappa shape index (κ3) is 2.65. The molecule has 0 aromatic rings. The van der Waals surface area contributed by atoms with Crippen molar-refractivity contribution in [2.45, 2.75) is 38.0 Å². The topological polar surface area (TPSA) is 24.9 Å². The number of nitrogens with zero attached hydrogens (tertiary/aromatic N) is 2. The van der Waals surface area contributed by atoms with Gasteiger partial charge in [-0.3, -0.25) is 9.80 Å². The van der Waals surface area contributed by atoms with Crippen molar-refractivity contribution in [2.75, 3.05) is 46.0 Å². The summed E-state index contributed by atoms with van der Waals surface area (Å²) >= 11 is 0. The van der Waals surface area contributed by atoms with Crippen LogP contribution in [0.2, 0.25) is 0 Å². The van der Waals surface area contributed by atoms with Crippen molar-refractivity contribution in [3.63, 3.8) is 0 Å². The third-order valence-corrected chi connectivity index (χ3v) is 4.39. The Morgan fingerprint density at radius 1 is 1.24 bits per heavy atom. The quantitative estimate of drug-likeness (QED) is 0.704. The van der Waals surface area contributed by atoms with E-state index in [9.17, 15) is 0 Å². The van der Waals surface area contributed by atoms with E-state index in [1.54, 1.807) is 0 Å². The average molecular weight is 240 g/mol. The van der Waals surface area contributed by atoms with E-state index in [0.29, 0.717) is 12.1 Å². The molecule has 0 amide bonds. The summed E-state index contributed by atoms with van der Waals surface area (Å²) in [4.78, 5) is 5.27. The molecule has 0 N–H and O–H groups in total. The minimum absolute atomic E-state index is 0.291. The molecule has 4 nitrogen and oxygen atoms in total. The Kier molecular flexibility index (Phi) is 3.66. The van der Waals surface area contributed by atoms with Crippen molar-refractivity contribution in [1.29, 1.82) is 0 Å². The van der Waals surface area contributed by atoms with Gasteiger partial charge in [-0.25, -0.2) is 0 Å². The highest BCUT2D eigenvalue weighted by Gasteiger charge is 2.35. The van der Waals surface area contributed by atoms with Crippen molar-refractivity contribution in [2.24, 2.45) is 0 Å². The van der Waals surface area contributed by atoms with Gasteiger partial charge in [-0.15, -0.1) is 0 Å². The summed E-state index contributed by atoms with van der Waals surface area (Å²) in [6, 6.07) is 1.46. The fourth-order valence-corrected chi connectivity index (χ4v) is 3.41. The zero-order valence-electron chi connectivity index (χ0n) is 10.8. The maximum Gasteiger partial charge on any atom is 0.0936 e. The first-order chi connectivity index (χ1) is 8.33. The summed E-state index contributed by atoms with van der Waals surface area (Å²) in [5, 5.41) is 0. The SMILES string of the molecule is CC1CN2CCCC2CN1CC1COCCO1. The van der Waals surface area contributed by atoms with Crippen LogP contribution < -0.4 is 0 Å². The van der Waals surface area contributed by atoms with Crippen LogP contribution in [0, 0.1) is 0 Å². The summed E-state index contributed by atoms with van der Waals surface area (Å²) in [6.45, 7) is 9.47. The first kappa shape index (κ1) is 11.9. The van der Waals surface area contributed by atoms with Crippen LogP contribution in [-0.4, -0.2) is 74.0 Å². The molecule has 0 aromatic heterocycles. The standard InChI is InChI=1S/C13H24N2O2/c1-11-7-14-4-2-3-12(14)8-15(11)9-13-10-16-5-6-17-13/h11-13H,2-10H2,1H3. The molecule has 17 heavy (non-hydrogen) atoms. The van der Waals surface area contributed by atoms with Crippen LogP contribution in [0.15, 0.2) is 0 Å². The van der Waals surface area contributed by atoms with Crippen LogP contribution in [-0.2, 0) is 9.47 Å². The Morgan fingerprint density at radius 3 is 3.00 bits per heavy atom. The van der Waals surface area contributed by atoms with Gasteiger partial charge in [0.15, 0.2) is 0 Å². The number of rotatable bonds is 2. The Labute approximate surface area is 104 Å². The fraction of sp³-hybridized carbons (Fsp3) is 1.00. The first-order valence-electron chi connectivity index (χ1n) is 7.00. The molecular weight excluding hydrogens is 216 g/mol. The molecule has 0 spiro atoms. The molecule has 3 unspecified atom stereocenters. The van der Waals surface area contributed by atoms with E-state index in [4.69, 9.17) is 9.47 Å². The predicted octanol–water partition coefficient (Wildman–Crippen LogP) is 0.570. The lowest BCUT2D eigenvalue weighted by Crippen LogP contribution is -2.57. The Bertz CT molecular complexity index is 256. The van der Waals surface area contributed by atoms with Crippen LogP contribution >= 0.6 is 0 Å². The molecule has 3 fully saturated rings. The van der Waals surface area contributed by atoms with Crippen LogP contribution in [0.25, 0.3) is 0 Å². The van der Waals surface area contributed by atoms with Crippen LogP contribution in [0.5, 0.6) is 0 Å². The van der Waals surface area contributed by atoms with Gasteiger partial charge < -0.3 is 9.47 Å². The monoisotopic (exact) mass is 240 g/mol. The lowest BCUT2D eigenvalue weighted by molar-refractivity contribution is -0.106. The fourth-order valence-electron chi connectivity index (χ4n) is 3.41. The van der Waals surface area contributed by atoms with Crippen molar-refractivity contribution in [3.8, 4) is 0 Å². The van der Waals surface area contributed by atoms with E-state index in [2.05, 4.69) is 16.7 Å². The van der Waals surface area contributed by atoms with Gasteiger partial charge >= 0.3 is 0 Å². The van der Waals surface area contributed by atoms with Crippen LogP contribution in [0.4, 0.5) is 0 Å². The van der Waals surface area contributed by atoms with Crippen molar-refractivity contribution in [3.05, 3.63) is 0 Å². The van der Waals surface area contributed by atoms with Crippen molar-refractivity contribution >= 4 is 0 Å². The van der Waals surface area contributed by atoms with Gasteiger partial charge in [-0.1, -0.05) is 0 Å². The van der Waals surface area contributed by atoms with E-state index in [0.717, 1.165) is 32.4 Å². The second kappa shape index (κ2) is 5.22. The number of hydrogen-bond acceptors (Lipinski definition) is 4. The molecule has 98 valence electrons. The maximum atomic E-state index is 5.76. The lowest BCUT2D eigenvalue weighted by Gasteiger charge is -2.43. The molecular formula is C13H24N2O2. The first-order valence-corrected chi connectivity index (χ1v) is 7.00. The second-order valence-corrected chi connectivity index (χ2v) is 5.66. The molecule has 4 heteroatoms. The van der Waals surface area contributed by atoms with Gasteiger partial charge in [0.25, 0.3) is 0 Å². The van der Waals surface area contributed by atoms with Gasteiger partial charge in [0.05, 0.1) is 25.9 Å². The summed E-state index contributed by atoms with van der Waals surface area (Å²) in [6.07, 6.45) is 3.05.